The molecule has 0 amide bonds. The molecule has 0 saturated carbocycles. The maximum atomic E-state index is 11.3. The summed E-state index contributed by atoms with van der Waals surface area (Å²) in [6, 6.07) is 2.37. The van der Waals surface area contributed by atoms with Crippen molar-refractivity contribution in [1.29, 1.82) is 10.5 Å². The summed E-state index contributed by atoms with van der Waals surface area (Å²) < 4.78 is 36.7. The third-order valence-corrected chi connectivity index (χ3v) is 0.695. The quantitative estimate of drug-likeness (QED) is 0.288. The van der Waals surface area contributed by atoms with Crippen LogP contribution in [0.4, 0.5) is 13.2 Å². The Hall–Kier alpha value is 0.311. The Labute approximate surface area is 125 Å². The summed E-state index contributed by atoms with van der Waals surface area (Å²) in [6.45, 7) is 0. The van der Waals surface area contributed by atoms with Gasteiger partial charge in [0.15, 0.2) is 0 Å². The first kappa shape index (κ1) is 17.7. The van der Waals surface area contributed by atoms with E-state index in [0.717, 1.165) is 0 Å². The molecule has 0 aromatic heterocycles. The fraction of sp³-hybridized carbons (Fsp3) is 0.500. The molecule has 0 heterocycles. The minimum absolute atomic E-state index is 0. The smallest absolute Gasteiger partial charge is 0.829 e. The van der Waals surface area contributed by atoms with Gasteiger partial charge in [-0.25, -0.2) is 4.89 Å². The zero-order chi connectivity index (χ0) is 11.2. The van der Waals surface area contributed by atoms with Gasteiger partial charge in [0.05, 0.1) is 0 Å². The molecule has 0 aliphatic heterocycles. The summed E-state index contributed by atoms with van der Waals surface area (Å²) in [5.74, 6) is 0. The van der Waals surface area contributed by atoms with E-state index in [4.69, 9.17) is 10.5 Å². The van der Waals surface area contributed by atoms with Gasteiger partial charge in [0.1, 0.15) is 12.1 Å². The number of hydrogen-bond acceptors (Lipinski definition) is 6. The summed E-state index contributed by atoms with van der Waals surface area (Å²) in [5.41, 5.74) is 0. The molecule has 0 aliphatic carbocycles. The molecule has 0 aromatic carbocycles. The summed E-state index contributed by atoms with van der Waals surface area (Å²) in [5, 5.41) is 26.2. The average Bonchev–Trinajstić information content (AvgIpc) is 2.03. The third kappa shape index (κ3) is 10.6. The molecule has 76 valence electrons. The van der Waals surface area contributed by atoms with Crippen LogP contribution in [0.5, 0.6) is 0 Å². The van der Waals surface area contributed by atoms with Crippen LogP contribution in [0.25, 0.3) is 0 Å². The van der Waals surface area contributed by atoms with Crippen LogP contribution in [0.1, 0.15) is 0 Å². The molecule has 11 heteroatoms. The van der Waals surface area contributed by atoms with E-state index in [2.05, 4.69) is 14.3 Å². The number of alkyl halides is 3. The Morgan fingerprint density at radius 2 is 1.73 bits per heavy atom. The first-order chi connectivity index (χ1) is 6.39. The maximum absolute atomic E-state index is 11.3. The van der Waals surface area contributed by atoms with Crippen molar-refractivity contribution >= 4 is 7.32 Å². The van der Waals surface area contributed by atoms with Crippen molar-refractivity contribution in [1.82, 2.24) is 0 Å². The van der Waals surface area contributed by atoms with Crippen LogP contribution < -0.4 is 56.4 Å². The average molecular weight is 248 g/mol. The molecule has 0 rings (SSSR count). The molecule has 0 unspecified atom stereocenters. The van der Waals surface area contributed by atoms with Gasteiger partial charge in [-0.3, -0.25) is 4.81 Å². The van der Waals surface area contributed by atoms with Crippen LogP contribution in [0.15, 0.2) is 0 Å². The molecular weight excluding hydrogens is 247 g/mol. The standard InChI is InChI=1S/C4HBF3N2O4.K/c6-4(7,8)13-5(11)14-12-3(1-9)2-10;/h3H;/q-1;+1. The van der Waals surface area contributed by atoms with Crippen molar-refractivity contribution in [2.75, 3.05) is 0 Å². The Bertz CT molecular complexity index is 250. The fourth-order valence-electron chi connectivity index (χ4n) is 0.302. The molecule has 0 aromatic rings. The number of nitrogens with zero attached hydrogens (tertiary/aromatic N) is 2. The Balaban J connectivity index is 0. The normalized spacial score (nSPS) is 10.1. The maximum Gasteiger partial charge on any atom is 1.00 e. The van der Waals surface area contributed by atoms with Gasteiger partial charge in [-0.2, -0.15) is 10.5 Å². The van der Waals surface area contributed by atoms with Crippen molar-refractivity contribution in [3.05, 3.63) is 0 Å². The van der Waals surface area contributed by atoms with Crippen LogP contribution in [-0.4, -0.2) is 19.8 Å². The van der Waals surface area contributed by atoms with Crippen molar-refractivity contribution in [2.45, 2.75) is 12.5 Å². The molecule has 0 atom stereocenters. The van der Waals surface area contributed by atoms with E-state index in [1.165, 1.54) is 12.1 Å². The number of nitriles is 2. The first-order valence-corrected chi connectivity index (χ1v) is 2.91. The molecule has 0 N–H and O–H groups in total. The van der Waals surface area contributed by atoms with Crippen LogP contribution in [0.3, 0.4) is 0 Å². The van der Waals surface area contributed by atoms with E-state index in [1.807, 2.05) is 0 Å². The zero-order valence-electron chi connectivity index (χ0n) is 7.32. The fourth-order valence-corrected chi connectivity index (χ4v) is 0.302. The largest absolute Gasteiger partial charge is 1.00 e. The van der Waals surface area contributed by atoms with Crippen LogP contribution in [0, 0.1) is 22.7 Å². The summed E-state index contributed by atoms with van der Waals surface area (Å²) >= 11 is 0. The topological polar surface area (TPSA) is 98.3 Å². The molecule has 0 spiro atoms. The number of rotatable bonds is 4. The van der Waals surface area contributed by atoms with Crippen molar-refractivity contribution < 1.29 is 83.9 Å². The molecule has 6 nitrogen and oxygen atoms in total. The molecule has 0 aliphatic rings. The van der Waals surface area contributed by atoms with Crippen LogP contribution in [-0.2, 0) is 14.3 Å². The SMILES string of the molecule is N#CC(C#N)OOB([O-])OC(F)(F)F.[K+]. The van der Waals surface area contributed by atoms with E-state index in [9.17, 15) is 18.2 Å². The van der Waals surface area contributed by atoms with Crippen LogP contribution >= 0.6 is 0 Å². The second-order valence-corrected chi connectivity index (χ2v) is 1.68. The molecule has 0 radical (unpaired) electrons. The Morgan fingerprint density at radius 3 is 2.07 bits per heavy atom. The summed E-state index contributed by atoms with van der Waals surface area (Å²) in [7, 11) is -3.00. The van der Waals surface area contributed by atoms with Crippen LogP contribution in [0.2, 0.25) is 0 Å². The van der Waals surface area contributed by atoms with Gasteiger partial charge in [0.2, 0.25) is 0 Å². The van der Waals surface area contributed by atoms with E-state index >= 15 is 0 Å². The molecule has 0 bridgehead atoms. The van der Waals surface area contributed by atoms with E-state index in [-0.39, 0.29) is 51.4 Å². The number of halogens is 3. The second kappa shape index (κ2) is 8.46. The van der Waals surface area contributed by atoms with Gasteiger partial charge in [0.25, 0.3) is 6.10 Å². The van der Waals surface area contributed by atoms with Gasteiger partial charge in [-0.15, -0.1) is 13.2 Å². The predicted octanol–water partition coefficient (Wildman–Crippen LogP) is -3.76. The Morgan fingerprint density at radius 1 is 1.27 bits per heavy atom. The summed E-state index contributed by atoms with van der Waals surface area (Å²) in [6.07, 6.45) is -6.96. The molecular formula is C4HBF3KN2O4. The van der Waals surface area contributed by atoms with E-state index in [1.54, 1.807) is 0 Å². The first-order valence-electron chi connectivity index (χ1n) is 2.91. The van der Waals surface area contributed by atoms with Gasteiger partial charge in [-0.1, -0.05) is 0 Å². The third-order valence-electron chi connectivity index (χ3n) is 0.695. The number of hydrogen-bond donors (Lipinski definition) is 0. The minimum atomic E-state index is -5.18. The predicted molar refractivity (Wildman–Crippen MR) is 30.1 cm³/mol. The van der Waals surface area contributed by atoms with Gasteiger partial charge in [0, 0.05) is 0 Å². The van der Waals surface area contributed by atoms with Gasteiger partial charge in [-0.05, 0) is 0 Å². The second-order valence-electron chi connectivity index (χ2n) is 1.68. The zero-order valence-corrected chi connectivity index (χ0v) is 10.4. The molecule has 15 heavy (non-hydrogen) atoms. The molecule has 0 saturated heterocycles. The van der Waals surface area contributed by atoms with E-state index in [0.29, 0.717) is 0 Å². The van der Waals surface area contributed by atoms with Crippen molar-refractivity contribution in [3.63, 3.8) is 0 Å². The van der Waals surface area contributed by atoms with Gasteiger partial charge >= 0.3 is 65.1 Å². The Kier molecular flexibility index (Phi) is 9.98. The molecule has 0 fully saturated rings. The summed E-state index contributed by atoms with van der Waals surface area (Å²) in [4.78, 5) is 7.11. The van der Waals surface area contributed by atoms with Gasteiger partial charge < -0.3 is 9.68 Å². The van der Waals surface area contributed by atoms with Crippen molar-refractivity contribution in [2.24, 2.45) is 0 Å². The van der Waals surface area contributed by atoms with Crippen molar-refractivity contribution in [3.8, 4) is 12.1 Å². The monoisotopic (exact) mass is 248 g/mol. The van der Waals surface area contributed by atoms with E-state index < -0.39 is 19.8 Å². The minimum Gasteiger partial charge on any atom is -0.829 e.